The molecule has 2 N–H and O–H groups in total. The molecule has 7 nitrogen and oxygen atoms in total. The molecule has 0 spiro atoms. The number of amides is 2. The number of piperidine rings is 1. The fourth-order valence-electron chi connectivity index (χ4n) is 3.26. The van der Waals surface area contributed by atoms with Gasteiger partial charge in [0.1, 0.15) is 0 Å². The third-order valence-electron chi connectivity index (χ3n) is 4.99. The Labute approximate surface area is 138 Å². The minimum atomic E-state index is -3.04. The number of carbonyl (C=O) groups excluding carboxylic acids is 1. The van der Waals surface area contributed by atoms with Crippen molar-refractivity contribution in [2.45, 2.75) is 49.8 Å². The molecule has 2 amide bonds. The van der Waals surface area contributed by atoms with E-state index in [1.807, 2.05) is 0 Å². The highest BCUT2D eigenvalue weighted by molar-refractivity contribution is 7.90. The molecular formula is C15H27N3O4S. The van der Waals surface area contributed by atoms with Crippen LogP contribution in [0.25, 0.3) is 0 Å². The van der Waals surface area contributed by atoms with Gasteiger partial charge in [-0.05, 0) is 44.4 Å². The summed E-state index contributed by atoms with van der Waals surface area (Å²) >= 11 is 0. The van der Waals surface area contributed by atoms with Crippen LogP contribution in [-0.4, -0.2) is 62.9 Å². The van der Waals surface area contributed by atoms with E-state index in [0.717, 1.165) is 38.5 Å². The summed E-state index contributed by atoms with van der Waals surface area (Å²) < 4.78 is 31.3. The molecule has 2 aliphatic heterocycles. The number of sulfonamides is 1. The molecule has 2 saturated heterocycles. The van der Waals surface area contributed by atoms with E-state index in [2.05, 4.69) is 10.6 Å². The quantitative estimate of drug-likeness (QED) is 0.767. The second kappa shape index (κ2) is 7.36. The summed E-state index contributed by atoms with van der Waals surface area (Å²) in [6.07, 6.45) is 5.01. The number of hydrogen-bond donors (Lipinski definition) is 2. The molecule has 0 bridgehead atoms. The van der Waals surface area contributed by atoms with E-state index in [9.17, 15) is 13.2 Å². The van der Waals surface area contributed by atoms with Crippen LogP contribution in [0.5, 0.6) is 0 Å². The van der Waals surface area contributed by atoms with E-state index in [-0.39, 0.29) is 17.3 Å². The highest BCUT2D eigenvalue weighted by Crippen LogP contribution is 2.32. The third kappa shape index (κ3) is 4.58. The lowest BCUT2D eigenvalue weighted by Gasteiger charge is -2.31. The van der Waals surface area contributed by atoms with Crippen molar-refractivity contribution in [1.29, 1.82) is 0 Å². The van der Waals surface area contributed by atoms with Crippen molar-refractivity contribution in [2.75, 3.05) is 32.8 Å². The lowest BCUT2D eigenvalue weighted by Crippen LogP contribution is -2.47. The molecule has 0 radical (unpaired) electrons. The van der Waals surface area contributed by atoms with Crippen molar-refractivity contribution >= 4 is 16.1 Å². The van der Waals surface area contributed by atoms with Crippen molar-refractivity contribution in [3.8, 4) is 0 Å². The Kier molecular flexibility index (Phi) is 5.43. The van der Waals surface area contributed by atoms with E-state index in [1.165, 1.54) is 0 Å². The molecule has 3 rings (SSSR count). The molecule has 3 aliphatic rings. The Bertz CT molecular complexity index is 507. The number of rotatable bonds is 5. The Hall–Kier alpha value is -0.860. The molecule has 0 aromatic rings. The molecule has 23 heavy (non-hydrogen) atoms. The lowest BCUT2D eigenvalue weighted by atomic mass is 9.98. The summed E-state index contributed by atoms with van der Waals surface area (Å²) in [4.78, 5) is 11.9. The Balaban J connectivity index is 1.35. The Morgan fingerprint density at radius 1 is 1.04 bits per heavy atom. The molecule has 1 aliphatic carbocycles. The monoisotopic (exact) mass is 345 g/mol. The van der Waals surface area contributed by atoms with Crippen molar-refractivity contribution in [3.63, 3.8) is 0 Å². The average Bonchev–Trinajstić information content (AvgIpc) is 3.40. The topological polar surface area (TPSA) is 87.7 Å². The van der Waals surface area contributed by atoms with Crippen molar-refractivity contribution in [1.82, 2.24) is 14.9 Å². The maximum Gasteiger partial charge on any atom is 0.315 e. The number of ether oxygens (including phenoxy) is 1. The second-order valence-corrected chi connectivity index (χ2v) is 9.04. The van der Waals surface area contributed by atoms with Crippen molar-refractivity contribution in [2.24, 2.45) is 5.92 Å². The van der Waals surface area contributed by atoms with Gasteiger partial charge in [-0.2, -0.15) is 0 Å². The van der Waals surface area contributed by atoms with E-state index in [1.54, 1.807) is 4.31 Å². The predicted octanol–water partition coefficient (Wildman–Crippen LogP) is 0.669. The SMILES string of the molecule is O=C(NCC1CCN(S(=O)(=O)C2CC2)CC1)NC1CCOCC1. The van der Waals surface area contributed by atoms with Crippen LogP contribution in [0, 0.1) is 5.92 Å². The van der Waals surface area contributed by atoms with E-state index in [4.69, 9.17) is 4.74 Å². The largest absolute Gasteiger partial charge is 0.381 e. The first-order valence-corrected chi connectivity index (χ1v) is 10.2. The van der Waals surface area contributed by atoms with Gasteiger partial charge in [0.2, 0.25) is 10.0 Å². The van der Waals surface area contributed by atoms with Gasteiger partial charge in [0, 0.05) is 38.9 Å². The van der Waals surface area contributed by atoms with E-state index in [0.29, 0.717) is 38.8 Å². The molecule has 2 heterocycles. The first kappa shape index (κ1) is 17.0. The summed E-state index contributed by atoms with van der Waals surface area (Å²) in [7, 11) is -3.04. The molecule has 1 saturated carbocycles. The molecule has 8 heteroatoms. The van der Waals surface area contributed by atoms with Crippen molar-refractivity contribution < 1.29 is 17.9 Å². The predicted molar refractivity (Wildman–Crippen MR) is 86.6 cm³/mol. The van der Waals surface area contributed by atoms with Crippen LogP contribution in [0.4, 0.5) is 4.79 Å². The molecular weight excluding hydrogens is 318 g/mol. The number of nitrogens with one attached hydrogen (secondary N) is 2. The number of hydrogen-bond acceptors (Lipinski definition) is 4. The van der Waals surface area contributed by atoms with Crippen LogP contribution in [-0.2, 0) is 14.8 Å². The standard InChI is InChI=1S/C15H27N3O4S/c19-15(17-13-5-9-22-10-6-13)16-11-12-3-7-18(8-4-12)23(20,21)14-1-2-14/h12-14H,1-11H2,(H2,16,17,19). The van der Waals surface area contributed by atoms with Crippen LogP contribution in [0.15, 0.2) is 0 Å². The van der Waals surface area contributed by atoms with Crippen molar-refractivity contribution in [3.05, 3.63) is 0 Å². The van der Waals surface area contributed by atoms with Crippen LogP contribution in [0.1, 0.15) is 38.5 Å². The molecule has 0 aromatic heterocycles. The van der Waals surface area contributed by atoms with Gasteiger partial charge in [-0.1, -0.05) is 0 Å². The third-order valence-corrected chi connectivity index (χ3v) is 7.39. The fourth-order valence-corrected chi connectivity index (χ4v) is 5.13. The van der Waals surface area contributed by atoms with Gasteiger partial charge in [-0.15, -0.1) is 0 Å². The molecule has 0 atom stereocenters. The molecule has 3 fully saturated rings. The summed E-state index contributed by atoms with van der Waals surface area (Å²) in [6.45, 7) is 3.21. The zero-order valence-electron chi connectivity index (χ0n) is 13.5. The molecule has 0 unspecified atom stereocenters. The summed E-state index contributed by atoms with van der Waals surface area (Å²) in [5, 5.41) is 5.79. The van der Waals surface area contributed by atoms with Gasteiger partial charge in [0.25, 0.3) is 0 Å². The van der Waals surface area contributed by atoms with Crippen LogP contribution in [0.2, 0.25) is 0 Å². The smallest absolute Gasteiger partial charge is 0.315 e. The summed E-state index contributed by atoms with van der Waals surface area (Å²) in [5.41, 5.74) is 0. The van der Waals surface area contributed by atoms with Gasteiger partial charge in [0.05, 0.1) is 5.25 Å². The second-order valence-electron chi connectivity index (χ2n) is 6.83. The minimum absolute atomic E-state index is 0.120. The van der Waals surface area contributed by atoms with Gasteiger partial charge >= 0.3 is 6.03 Å². The first-order chi connectivity index (χ1) is 11.1. The number of urea groups is 1. The average molecular weight is 345 g/mol. The maximum absolute atomic E-state index is 12.2. The van der Waals surface area contributed by atoms with Gasteiger partial charge in [-0.25, -0.2) is 17.5 Å². The highest BCUT2D eigenvalue weighted by Gasteiger charge is 2.41. The summed E-state index contributed by atoms with van der Waals surface area (Å²) in [5.74, 6) is 0.362. The van der Waals surface area contributed by atoms with E-state index < -0.39 is 10.0 Å². The summed E-state index contributed by atoms with van der Waals surface area (Å²) in [6, 6.07) is 0.0826. The van der Waals surface area contributed by atoms with Crippen LogP contribution in [0.3, 0.4) is 0 Å². The van der Waals surface area contributed by atoms with Gasteiger partial charge in [0.15, 0.2) is 0 Å². The molecule has 0 aromatic carbocycles. The fraction of sp³-hybridized carbons (Fsp3) is 0.933. The number of nitrogens with zero attached hydrogens (tertiary/aromatic N) is 1. The molecule has 132 valence electrons. The Morgan fingerprint density at radius 3 is 2.30 bits per heavy atom. The minimum Gasteiger partial charge on any atom is -0.381 e. The van der Waals surface area contributed by atoms with E-state index >= 15 is 0 Å². The van der Waals surface area contributed by atoms with Gasteiger partial charge in [-0.3, -0.25) is 0 Å². The van der Waals surface area contributed by atoms with Crippen LogP contribution >= 0.6 is 0 Å². The first-order valence-electron chi connectivity index (χ1n) is 8.67. The highest BCUT2D eigenvalue weighted by atomic mass is 32.2. The zero-order valence-corrected chi connectivity index (χ0v) is 14.3. The van der Waals surface area contributed by atoms with Crippen LogP contribution < -0.4 is 10.6 Å². The number of carbonyl (C=O) groups is 1. The maximum atomic E-state index is 12.2. The normalized spacial score (nSPS) is 25.2. The Morgan fingerprint density at radius 2 is 1.70 bits per heavy atom. The lowest BCUT2D eigenvalue weighted by molar-refractivity contribution is 0.0800. The zero-order chi connectivity index (χ0) is 16.3. The van der Waals surface area contributed by atoms with Gasteiger partial charge < -0.3 is 15.4 Å².